The average molecular weight is 725 g/mol. The van der Waals surface area contributed by atoms with E-state index in [-0.39, 0.29) is 23.5 Å². The Morgan fingerprint density at radius 2 is 1.25 bits per heavy atom. The standard InChI is InChI=1S/C15H14N8O.C9H8N6O3S.C7H10N2/c16-13-20-14(18-8-6-10-4-1-2-7-17-10)21-15-19-12(22-23(13)15)11-5-3-9-24-11;1-19(16,17)9-12-7(10)15-8(13-9)11-6(14-15)5-3-2-4-18-5;8-5-4-7-3-1-2-6-9-7/h1-5,7,9H,6,8H2,(H3,16,18,19,20,21,22);2-4H,1H3,(H2,10,11,12,13,14);1-3,6H,4-5,8H2. The molecule has 21 heteroatoms. The van der Waals surface area contributed by atoms with Crippen molar-refractivity contribution in [1.82, 2.24) is 59.1 Å². The van der Waals surface area contributed by atoms with Crippen molar-refractivity contribution in [2.45, 2.75) is 18.0 Å². The number of fused-ring (bicyclic) bond motifs is 2. The molecular formula is C31H32N16O4S. The summed E-state index contributed by atoms with van der Waals surface area (Å²) in [6.07, 6.45) is 9.19. The smallest absolute Gasteiger partial charge is 0.259 e. The van der Waals surface area contributed by atoms with Crippen molar-refractivity contribution in [3.63, 3.8) is 0 Å². The number of hydrogen-bond acceptors (Lipinski definition) is 18. The molecule has 0 bridgehead atoms. The molecular weight excluding hydrogens is 693 g/mol. The minimum atomic E-state index is -3.57. The quantitative estimate of drug-likeness (QED) is 0.165. The van der Waals surface area contributed by atoms with Gasteiger partial charge in [0.05, 0.1) is 12.5 Å². The van der Waals surface area contributed by atoms with E-state index in [4.69, 9.17) is 26.0 Å². The van der Waals surface area contributed by atoms with Crippen molar-refractivity contribution in [3.05, 3.63) is 97.0 Å². The van der Waals surface area contributed by atoms with Crippen LogP contribution in [0, 0.1) is 0 Å². The Labute approximate surface area is 295 Å². The summed E-state index contributed by atoms with van der Waals surface area (Å²) in [5.74, 6) is 2.50. The van der Waals surface area contributed by atoms with Gasteiger partial charge in [-0.2, -0.15) is 38.9 Å². The molecule has 266 valence electrons. The summed E-state index contributed by atoms with van der Waals surface area (Å²) in [7, 11) is -3.57. The zero-order chi connectivity index (χ0) is 36.5. The van der Waals surface area contributed by atoms with Crippen LogP contribution in [0.4, 0.5) is 17.8 Å². The van der Waals surface area contributed by atoms with Gasteiger partial charge in [-0.3, -0.25) is 9.97 Å². The van der Waals surface area contributed by atoms with Gasteiger partial charge in [0.2, 0.25) is 39.3 Å². The highest BCUT2D eigenvalue weighted by molar-refractivity contribution is 7.90. The molecule has 0 spiro atoms. The third-order valence-corrected chi connectivity index (χ3v) is 7.62. The van der Waals surface area contributed by atoms with Crippen molar-refractivity contribution in [3.8, 4) is 23.2 Å². The van der Waals surface area contributed by atoms with Crippen LogP contribution in [0.2, 0.25) is 0 Å². The second-order valence-electron chi connectivity index (χ2n) is 10.6. The van der Waals surface area contributed by atoms with Crippen LogP contribution in [0.15, 0.2) is 99.6 Å². The summed E-state index contributed by atoms with van der Waals surface area (Å²) in [5, 5.41) is 11.0. The van der Waals surface area contributed by atoms with Gasteiger partial charge in [0, 0.05) is 49.4 Å². The molecule has 0 saturated heterocycles. The largest absolute Gasteiger partial charge is 0.461 e. The van der Waals surface area contributed by atoms with E-state index in [0.717, 1.165) is 35.0 Å². The number of furan rings is 2. The number of pyridine rings is 2. The maximum absolute atomic E-state index is 11.4. The van der Waals surface area contributed by atoms with E-state index in [1.807, 2.05) is 36.4 Å². The molecule has 0 aliphatic rings. The highest BCUT2D eigenvalue weighted by Gasteiger charge is 2.18. The Morgan fingerprint density at radius 3 is 1.75 bits per heavy atom. The van der Waals surface area contributed by atoms with E-state index in [9.17, 15) is 8.42 Å². The fourth-order valence-electron chi connectivity index (χ4n) is 4.40. The fraction of sp³-hybridized carbons (Fsp3) is 0.161. The number of nitrogens with two attached hydrogens (primary N) is 3. The van der Waals surface area contributed by atoms with Crippen LogP contribution >= 0.6 is 0 Å². The molecule has 8 aromatic rings. The molecule has 52 heavy (non-hydrogen) atoms. The molecule has 0 aliphatic heterocycles. The van der Waals surface area contributed by atoms with Gasteiger partial charge in [-0.1, -0.05) is 12.1 Å². The molecule has 0 fully saturated rings. The molecule has 8 aromatic heterocycles. The lowest BCUT2D eigenvalue weighted by atomic mass is 10.3. The second kappa shape index (κ2) is 15.8. The lowest BCUT2D eigenvalue weighted by Gasteiger charge is -2.05. The number of nitrogen functional groups attached to an aromatic ring is 2. The second-order valence-corrected chi connectivity index (χ2v) is 12.6. The van der Waals surface area contributed by atoms with Gasteiger partial charge >= 0.3 is 0 Å². The van der Waals surface area contributed by atoms with Crippen LogP contribution < -0.4 is 22.5 Å². The van der Waals surface area contributed by atoms with E-state index in [1.165, 1.54) is 10.8 Å². The first kappa shape index (κ1) is 35.0. The number of sulfone groups is 1. The van der Waals surface area contributed by atoms with E-state index in [2.05, 4.69) is 55.4 Å². The molecule has 8 heterocycles. The number of anilines is 3. The third kappa shape index (κ3) is 8.64. The van der Waals surface area contributed by atoms with Crippen molar-refractivity contribution >= 4 is 39.2 Å². The number of aromatic nitrogens is 12. The fourth-order valence-corrected chi connectivity index (χ4v) is 4.91. The highest BCUT2D eigenvalue weighted by Crippen LogP contribution is 2.19. The van der Waals surface area contributed by atoms with Gasteiger partial charge in [0.25, 0.3) is 16.7 Å². The molecule has 0 aromatic carbocycles. The van der Waals surface area contributed by atoms with Crippen LogP contribution in [0.3, 0.4) is 0 Å². The van der Waals surface area contributed by atoms with Crippen molar-refractivity contribution in [2.24, 2.45) is 5.73 Å². The molecule has 0 radical (unpaired) electrons. The summed E-state index contributed by atoms with van der Waals surface area (Å²) >= 11 is 0. The lowest BCUT2D eigenvalue weighted by Crippen LogP contribution is -2.12. The maximum Gasteiger partial charge on any atom is 0.259 e. The van der Waals surface area contributed by atoms with Gasteiger partial charge < -0.3 is 31.4 Å². The molecule has 7 N–H and O–H groups in total. The Morgan fingerprint density at radius 1 is 0.692 bits per heavy atom. The normalized spacial score (nSPS) is 11.1. The topological polar surface area (TPSA) is 288 Å². The van der Waals surface area contributed by atoms with Gasteiger partial charge in [0.15, 0.2) is 11.5 Å². The third-order valence-electron chi connectivity index (χ3n) is 6.78. The number of rotatable bonds is 9. The molecule has 0 saturated carbocycles. The number of nitrogens with one attached hydrogen (secondary N) is 1. The van der Waals surface area contributed by atoms with E-state index < -0.39 is 15.0 Å². The Kier molecular flexibility index (Phi) is 10.6. The zero-order valence-electron chi connectivity index (χ0n) is 27.6. The molecule has 0 amide bonds. The SMILES string of the molecule is CS(=O)(=O)c1nc(N)n2nc(-c3ccco3)nc2n1.NCCc1ccccn1.Nc1nc(NCCc2ccccn2)nc2nc(-c3ccco3)nn12. The van der Waals surface area contributed by atoms with Gasteiger partial charge in [0.1, 0.15) is 0 Å². The first-order valence-electron chi connectivity index (χ1n) is 15.5. The summed E-state index contributed by atoms with van der Waals surface area (Å²) in [4.78, 5) is 32.7. The highest BCUT2D eigenvalue weighted by atomic mass is 32.2. The van der Waals surface area contributed by atoms with E-state index >= 15 is 0 Å². The summed E-state index contributed by atoms with van der Waals surface area (Å²) in [6.45, 7) is 1.31. The predicted octanol–water partition coefficient (Wildman–Crippen LogP) is 1.76. The minimum Gasteiger partial charge on any atom is -0.461 e. The number of hydrogen-bond donors (Lipinski definition) is 4. The summed E-state index contributed by atoms with van der Waals surface area (Å²) in [6, 6.07) is 18.5. The summed E-state index contributed by atoms with van der Waals surface area (Å²) in [5.41, 5.74) is 18.9. The average Bonchev–Trinajstić information content (AvgIpc) is 3.97. The van der Waals surface area contributed by atoms with Gasteiger partial charge in [-0.05, 0) is 55.1 Å². The molecule has 8 rings (SSSR count). The van der Waals surface area contributed by atoms with Crippen LogP contribution in [-0.2, 0) is 22.7 Å². The Balaban J connectivity index is 0.000000147. The van der Waals surface area contributed by atoms with Crippen LogP contribution in [0.25, 0.3) is 34.7 Å². The minimum absolute atomic E-state index is 0.0410. The van der Waals surface area contributed by atoms with Gasteiger partial charge in [-0.15, -0.1) is 10.2 Å². The van der Waals surface area contributed by atoms with Crippen molar-refractivity contribution < 1.29 is 17.3 Å². The number of nitrogens with zero attached hydrogens (tertiary/aromatic N) is 12. The Hall–Kier alpha value is -6.87. The van der Waals surface area contributed by atoms with Crippen LogP contribution in [-0.4, -0.2) is 86.9 Å². The monoisotopic (exact) mass is 724 g/mol. The molecule has 0 atom stereocenters. The zero-order valence-corrected chi connectivity index (χ0v) is 28.4. The molecule has 0 unspecified atom stereocenters. The summed E-state index contributed by atoms with van der Waals surface area (Å²) < 4.78 is 35.8. The predicted molar refractivity (Wildman–Crippen MR) is 188 cm³/mol. The first-order chi connectivity index (χ1) is 25.2. The van der Waals surface area contributed by atoms with Gasteiger partial charge in [-0.25, -0.2) is 8.42 Å². The van der Waals surface area contributed by atoms with Crippen LogP contribution in [0.1, 0.15) is 11.4 Å². The maximum atomic E-state index is 11.4. The Bertz CT molecular complexity index is 2450. The first-order valence-corrected chi connectivity index (χ1v) is 17.4. The van der Waals surface area contributed by atoms with Crippen LogP contribution in [0.5, 0.6) is 0 Å². The molecule has 20 nitrogen and oxygen atoms in total. The van der Waals surface area contributed by atoms with E-state index in [0.29, 0.717) is 42.2 Å². The lowest BCUT2D eigenvalue weighted by molar-refractivity contribution is 0.577. The van der Waals surface area contributed by atoms with Crippen molar-refractivity contribution in [2.75, 3.05) is 36.1 Å². The van der Waals surface area contributed by atoms with Crippen molar-refractivity contribution in [1.29, 1.82) is 0 Å². The molecule has 0 aliphatic carbocycles. The van der Waals surface area contributed by atoms with E-state index in [1.54, 1.807) is 42.9 Å².